The molecule has 0 radical (unpaired) electrons. The highest BCUT2D eigenvalue weighted by Crippen LogP contribution is 2.34. The zero-order chi connectivity index (χ0) is 16.6. The van der Waals surface area contributed by atoms with Crippen molar-refractivity contribution < 1.29 is 14.3 Å². The molecule has 2 aliphatic heterocycles. The van der Waals surface area contributed by atoms with Gasteiger partial charge < -0.3 is 10.1 Å². The molecule has 2 amide bonds. The largest absolute Gasteiger partial charge is 0.443 e. The molecule has 122 valence electrons. The van der Waals surface area contributed by atoms with Crippen molar-refractivity contribution in [3.05, 3.63) is 35.4 Å². The van der Waals surface area contributed by atoms with Crippen molar-refractivity contribution in [2.45, 2.75) is 45.6 Å². The first-order valence-corrected chi connectivity index (χ1v) is 7.98. The van der Waals surface area contributed by atoms with Crippen LogP contribution in [0.4, 0.5) is 10.5 Å². The fraction of sp³-hybridized carbons (Fsp3) is 0.444. The van der Waals surface area contributed by atoms with Crippen molar-refractivity contribution in [1.29, 1.82) is 0 Å². The van der Waals surface area contributed by atoms with Crippen LogP contribution in [0, 0.1) is 0 Å². The molecule has 2 aliphatic rings. The summed E-state index contributed by atoms with van der Waals surface area (Å²) < 4.78 is 5.53. The van der Waals surface area contributed by atoms with Gasteiger partial charge in [-0.15, -0.1) is 0 Å². The lowest BCUT2D eigenvalue weighted by Gasteiger charge is -2.32. The van der Waals surface area contributed by atoms with E-state index in [2.05, 4.69) is 11.4 Å². The Bertz CT molecular complexity index is 686. The van der Waals surface area contributed by atoms with Gasteiger partial charge in [0.2, 0.25) is 5.91 Å². The molecule has 0 atom stereocenters. The van der Waals surface area contributed by atoms with Crippen molar-refractivity contribution >= 4 is 23.4 Å². The highest BCUT2D eigenvalue weighted by molar-refractivity contribution is 6.01. The SMILES string of the molecule is CC(C)(C)OC(=O)N1CCCC=C1c1cccc2c1CC(=O)N2. The van der Waals surface area contributed by atoms with Crippen LogP contribution in [-0.2, 0) is 16.0 Å². The molecule has 1 N–H and O–H groups in total. The second-order valence-electron chi connectivity index (χ2n) is 6.92. The molecule has 1 aromatic carbocycles. The van der Waals surface area contributed by atoms with Crippen molar-refractivity contribution in [2.24, 2.45) is 0 Å². The third kappa shape index (κ3) is 3.23. The van der Waals surface area contributed by atoms with Crippen LogP contribution < -0.4 is 5.32 Å². The van der Waals surface area contributed by atoms with Gasteiger partial charge in [-0.25, -0.2) is 4.79 Å². The fourth-order valence-corrected chi connectivity index (χ4v) is 2.97. The molecule has 0 bridgehead atoms. The van der Waals surface area contributed by atoms with E-state index >= 15 is 0 Å². The minimum absolute atomic E-state index is 0.00678. The number of benzene rings is 1. The summed E-state index contributed by atoms with van der Waals surface area (Å²) in [6.45, 7) is 6.22. The minimum Gasteiger partial charge on any atom is -0.443 e. The van der Waals surface area contributed by atoms with Crippen LogP contribution in [0.25, 0.3) is 5.70 Å². The normalized spacial score (nSPS) is 17.4. The lowest BCUT2D eigenvalue weighted by molar-refractivity contribution is -0.115. The first kappa shape index (κ1) is 15.6. The summed E-state index contributed by atoms with van der Waals surface area (Å²) in [5, 5.41) is 2.86. The van der Waals surface area contributed by atoms with E-state index in [0.29, 0.717) is 13.0 Å². The monoisotopic (exact) mass is 314 g/mol. The lowest BCUT2D eigenvalue weighted by Crippen LogP contribution is -2.37. The van der Waals surface area contributed by atoms with E-state index in [9.17, 15) is 9.59 Å². The van der Waals surface area contributed by atoms with Gasteiger partial charge in [0.1, 0.15) is 5.60 Å². The zero-order valence-electron chi connectivity index (χ0n) is 13.8. The highest BCUT2D eigenvalue weighted by Gasteiger charge is 2.30. The number of rotatable bonds is 1. The Morgan fingerprint density at radius 3 is 2.83 bits per heavy atom. The Labute approximate surface area is 136 Å². The van der Waals surface area contributed by atoms with Crippen LogP contribution in [0.5, 0.6) is 0 Å². The number of hydrogen-bond donors (Lipinski definition) is 1. The molecule has 0 unspecified atom stereocenters. The third-order valence-electron chi connectivity index (χ3n) is 3.89. The van der Waals surface area contributed by atoms with Gasteiger partial charge >= 0.3 is 6.09 Å². The summed E-state index contributed by atoms with van der Waals surface area (Å²) in [6.07, 6.45) is 3.91. The van der Waals surface area contributed by atoms with Gasteiger partial charge in [-0.3, -0.25) is 9.69 Å². The summed E-state index contributed by atoms with van der Waals surface area (Å²) >= 11 is 0. The van der Waals surface area contributed by atoms with E-state index in [-0.39, 0.29) is 12.0 Å². The maximum atomic E-state index is 12.5. The molecule has 0 saturated carbocycles. The van der Waals surface area contributed by atoms with Crippen LogP contribution in [0.15, 0.2) is 24.3 Å². The second kappa shape index (κ2) is 5.72. The van der Waals surface area contributed by atoms with Gasteiger partial charge in [0.05, 0.1) is 12.1 Å². The molecule has 2 heterocycles. The molecule has 0 saturated heterocycles. The predicted octanol–water partition coefficient (Wildman–Crippen LogP) is 3.55. The minimum atomic E-state index is -0.532. The van der Waals surface area contributed by atoms with Crippen LogP contribution in [0.3, 0.4) is 0 Å². The summed E-state index contributed by atoms with van der Waals surface area (Å²) in [4.78, 5) is 25.9. The molecular formula is C18H22N2O3. The van der Waals surface area contributed by atoms with Crippen LogP contribution in [0.1, 0.15) is 44.7 Å². The molecule has 3 rings (SSSR count). The number of hydrogen-bond acceptors (Lipinski definition) is 3. The summed E-state index contributed by atoms with van der Waals surface area (Å²) in [5.41, 5.74) is 3.04. The Morgan fingerprint density at radius 2 is 2.09 bits per heavy atom. The zero-order valence-corrected chi connectivity index (χ0v) is 13.8. The highest BCUT2D eigenvalue weighted by atomic mass is 16.6. The van der Waals surface area contributed by atoms with Crippen LogP contribution in [-0.4, -0.2) is 29.0 Å². The number of carbonyl (C=O) groups excluding carboxylic acids is 2. The van der Waals surface area contributed by atoms with E-state index in [1.807, 2.05) is 39.0 Å². The van der Waals surface area contributed by atoms with Crippen molar-refractivity contribution in [3.8, 4) is 0 Å². The Hall–Kier alpha value is -2.30. The average Bonchev–Trinajstić information content (AvgIpc) is 2.85. The van der Waals surface area contributed by atoms with Gasteiger partial charge in [-0.1, -0.05) is 18.2 Å². The van der Waals surface area contributed by atoms with E-state index in [1.165, 1.54) is 0 Å². The van der Waals surface area contributed by atoms with E-state index in [0.717, 1.165) is 35.4 Å². The molecule has 23 heavy (non-hydrogen) atoms. The Kier molecular flexibility index (Phi) is 3.88. The smallest absolute Gasteiger partial charge is 0.414 e. The topological polar surface area (TPSA) is 58.6 Å². The number of anilines is 1. The van der Waals surface area contributed by atoms with Crippen LogP contribution in [0.2, 0.25) is 0 Å². The van der Waals surface area contributed by atoms with E-state index in [1.54, 1.807) is 4.90 Å². The first-order chi connectivity index (χ1) is 10.8. The fourth-order valence-electron chi connectivity index (χ4n) is 2.97. The predicted molar refractivity (Wildman–Crippen MR) is 88.9 cm³/mol. The van der Waals surface area contributed by atoms with Gasteiger partial charge in [0.15, 0.2) is 0 Å². The van der Waals surface area contributed by atoms with Gasteiger partial charge in [0, 0.05) is 17.8 Å². The van der Waals surface area contributed by atoms with Crippen molar-refractivity contribution in [2.75, 3.05) is 11.9 Å². The van der Waals surface area contributed by atoms with Crippen LogP contribution >= 0.6 is 0 Å². The van der Waals surface area contributed by atoms with Gasteiger partial charge in [-0.2, -0.15) is 0 Å². The molecule has 0 fully saturated rings. The quantitative estimate of drug-likeness (QED) is 0.862. The summed E-state index contributed by atoms with van der Waals surface area (Å²) in [7, 11) is 0. The number of nitrogens with one attached hydrogen (secondary N) is 1. The number of ether oxygens (including phenoxy) is 1. The first-order valence-electron chi connectivity index (χ1n) is 7.98. The summed E-state index contributed by atoms with van der Waals surface area (Å²) in [5.74, 6) is -0.00678. The molecule has 1 aromatic rings. The lowest BCUT2D eigenvalue weighted by atomic mass is 9.98. The molecular weight excluding hydrogens is 292 g/mol. The molecule has 5 nitrogen and oxygen atoms in total. The maximum Gasteiger partial charge on any atom is 0.414 e. The second-order valence-corrected chi connectivity index (χ2v) is 6.92. The van der Waals surface area contributed by atoms with E-state index < -0.39 is 5.60 Å². The molecule has 0 spiro atoms. The van der Waals surface area contributed by atoms with E-state index in [4.69, 9.17) is 4.74 Å². The standard InChI is InChI=1S/C18H22N2O3/c1-18(2,3)23-17(22)20-10-5-4-9-15(20)12-7-6-8-14-13(12)11-16(21)19-14/h6-9H,4-5,10-11H2,1-3H3,(H,19,21). The Balaban J connectivity index is 1.95. The number of carbonyl (C=O) groups is 2. The van der Waals surface area contributed by atoms with Crippen molar-refractivity contribution in [1.82, 2.24) is 4.90 Å². The molecule has 0 aliphatic carbocycles. The average molecular weight is 314 g/mol. The summed E-state index contributed by atoms with van der Waals surface area (Å²) in [6, 6.07) is 5.76. The number of allylic oxidation sites excluding steroid dienone is 1. The number of fused-ring (bicyclic) bond motifs is 1. The Morgan fingerprint density at radius 1 is 1.30 bits per heavy atom. The molecule has 5 heteroatoms. The number of amides is 2. The van der Waals surface area contributed by atoms with Gasteiger partial charge in [-0.05, 0) is 45.2 Å². The van der Waals surface area contributed by atoms with Crippen molar-refractivity contribution in [3.63, 3.8) is 0 Å². The van der Waals surface area contributed by atoms with Gasteiger partial charge in [0.25, 0.3) is 0 Å². The maximum absolute atomic E-state index is 12.5. The molecule has 0 aromatic heterocycles. The number of nitrogens with zero attached hydrogens (tertiary/aromatic N) is 1. The third-order valence-corrected chi connectivity index (χ3v) is 3.89.